The fourth-order valence-corrected chi connectivity index (χ4v) is 3.23. The fraction of sp³-hybridized carbons (Fsp3) is 0.238. The number of carbonyl (C=O) groups is 1. The molecule has 0 heterocycles. The van der Waals surface area contributed by atoms with Gasteiger partial charge < -0.3 is 4.74 Å². The second kappa shape index (κ2) is 7.49. The normalized spacial score (nSPS) is 16.2. The third-order valence-electron chi connectivity index (χ3n) is 4.51. The number of rotatable bonds is 3. The Morgan fingerprint density at radius 3 is 2.62 bits per heavy atom. The van der Waals surface area contributed by atoms with Crippen LogP contribution in [-0.2, 0) is 12.8 Å². The molecule has 2 aromatic rings. The predicted molar refractivity (Wildman–Crippen MR) is 92.8 cm³/mol. The van der Waals surface area contributed by atoms with Gasteiger partial charge in [-0.2, -0.15) is 5.26 Å². The summed E-state index contributed by atoms with van der Waals surface area (Å²) in [6.07, 6.45) is 7.06. The highest BCUT2D eigenvalue weighted by atomic mass is 19.1. The van der Waals surface area contributed by atoms with E-state index in [1.165, 1.54) is 11.6 Å². The van der Waals surface area contributed by atoms with Gasteiger partial charge in [-0.05, 0) is 55.4 Å². The molecule has 0 N–H and O–H groups in total. The molecule has 1 unspecified atom stereocenters. The molecule has 132 valence electrons. The van der Waals surface area contributed by atoms with Gasteiger partial charge in [-0.3, -0.25) is 0 Å². The molecular weight excluding hydrogens is 336 g/mol. The fourth-order valence-electron chi connectivity index (χ4n) is 3.23. The van der Waals surface area contributed by atoms with Crippen LogP contribution in [0.1, 0.15) is 40.4 Å². The maximum Gasteiger partial charge on any atom is 0.343 e. The van der Waals surface area contributed by atoms with Gasteiger partial charge in [0.05, 0.1) is 5.56 Å². The lowest BCUT2D eigenvalue weighted by Gasteiger charge is -2.22. The van der Waals surface area contributed by atoms with E-state index in [-0.39, 0.29) is 5.75 Å². The van der Waals surface area contributed by atoms with Crippen molar-refractivity contribution in [2.24, 2.45) is 5.92 Å². The molecule has 0 saturated carbocycles. The molecule has 0 fully saturated rings. The standard InChI is InChI=1S/C21H17F2NO2/c1-2-3-13-4-5-15-9-16(7-6-14(15)8-13)21(25)26-17-10-19(22)18(12-24)20(23)11-17/h2-3,6-7,9-11,13H,4-5,8H2,1H3. The Labute approximate surface area is 150 Å². The van der Waals surface area contributed by atoms with Crippen molar-refractivity contribution < 1.29 is 18.3 Å². The molecule has 0 radical (unpaired) electrons. The molecule has 0 amide bonds. The number of fused-ring (bicyclic) bond motifs is 1. The summed E-state index contributed by atoms with van der Waals surface area (Å²) in [6.45, 7) is 2.00. The van der Waals surface area contributed by atoms with Crippen LogP contribution in [0.3, 0.4) is 0 Å². The summed E-state index contributed by atoms with van der Waals surface area (Å²) in [5, 5.41) is 8.67. The third-order valence-corrected chi connectivity index (χ3v) is 4.51. The van der Waals surface area contributed by atoms with Crippen LogP contribution in [0.5, 0.6) is 5.75 Å². The van der Waals surface area contributed by atoms with Crippen molar-refractivity contribution in [3.63, 3.8) is 0 Å². The van der Waals surface area contributed by atoms with Gasteiger partial charge in [-0.25, -0.2) is 13.6 Å². The molecule has 1 aliphatic carbocycles. The summed E-state index contributed by atoms with van der Waals surface area (Å²) in [4.78, 5) is 12.3. The first-order valence-corrected chi connectivity index (χ1v) is 8.37. The Kier molecular flexibility index (Phi) is 5.13. The number of nitriles is 1. The van der Waals surface area contributed by atoms with Gasteiger partial charge in [-0.1, -0.05) is 18.2 Å². The minimum atomic E-state index is -1.06. The van der Waals surface area contributed by atoms with Gasteiger partial charge in [0, 0.05) is 12.1 Å². The second-order valence-electron chi connectivity index (χ2n) is 6.28. The quantitative estimate of drug-likeness (QED) is 0.455. The Morgan fingerprint density at radius 2 is 1.96 bits per heavy atom. The molecule has 2 aromatic carbocycles. The minimum Gasteiger partial charge on any atom is -0.423 e. The van der Waals surface area contributed by atoms with Crippen LogP contribution in [0.25, 0.3) is 0 Å². The second-order valence-corrected chi connectivity index (χ2v) is 6.28. The first-order chi connectivity index (χ1) is 12.5. The van der Waals surface area contributed by atoms with Crippen molar-refractivity contribution in [2.75, 3.05) is 0 Å². The lowest BCUT2D eigenvalue weighted by Crippen LogP contribution is -2.15. The summed E-state index contributed by atoms with van der Waals surface area (Å²) >= 11 is 0. The molecule has 1 aliphatic rings. The summed E-state index contributed by atoms with van der Waals surface area (Å²) < 4.78 is 32.3. The number of hydrogen-bond acceptors (Lipinski definition) is 3. The van der Waals surface area contributed by atoms with E-state index in [0.29, 0.717) is 11.5 Å². The summed E-state index contributed by atoms with van der Waals surface area (Å²) in [5.74, 6) is -2.57. The number of benzene rings is 2. The zero-order valence-electron chi connectivity index (χ0n) is 14.3. The maximum absolute atomic E-state index is 13.6. The molecular formula is C21H17F2NO2. The SMILES string of the molecule is CC=CC1CCc2cc(C(=O)Oc3cc(F)c(C#N)c(F)c3)ccc2C1. The molecule has 1 atom stereocenters. The lowest BCUT2D eigenvalue weighted by atomic mass is 9.83. The lowest BCUT2D eigenvalue weighted by molar-refractivity contribution is 0.0733. The Morgan fingerprint density at radius 1 is 1.23 bits per heavy atom. The number of aryl methyl sites for hydroxylation is 1. The Bertz CT molecular complexity index is 905. The van der Waals surface area contributed by atoms with Crippen LogP contribution in [0.15, 0.2) is 42.5 Å². The number of esters is 1. The highest BCUT2D eigenvalue weighted by molar-refractivity contribution is 5.91. The van der Waals surface area contributed by atoms with Crippen molar-refractivity contribution in [1.29, 1.82) is 5.26 Å². The van der Waals surface area contributed by atoms with Gasteiger partial charge in [0.25, 0.3) is 0 Å². The van der Waals surface area contributed by atoms with Crippen LogP contribution < -0.4 is 4.74 Å². The monoisotopic (exact) mass is 353 g/mol. The zero-order chi connectivity index (χ0) is 18.7. The predicted octanol–water partition coefficient (Wildman–Crippen LogP) is 4.74. The van der Waals surface area contributed by atoms with Gasteiger partial charge in [-0.15, -0.1) is 0 Å². The summed E-state index contributed by atoms with van der Waals surface area (Å²) in [6, 6.07) is 8.44. The smallest absolute Gasteiger partial charge is 0.343 e. The third kappa shape index (κ3) is 3.65. The van der Waals surface area contributed by atoms with E-state index in [2.05, 4.69) is 12.2 Å². The number of carbonyl (C=O) groups excluding carboxylic acids is 1. The average molecular weight is 353 g/mol. The van der Waals surface area contributed by atoms with Crippen LogP contribution >= 0.6 is 0 Å². The van der Waals surface area contributed by atoms with Gasteiger partial charge in [0.1, 0.15) is 29.0 Å². The highest BCUT2D eigenvalue weighted by Crippen LogP contribution is 2.28. The van der Waals surface area contributed by atoms with Crippen LogP contribution in [0.4, 0.5) is 8.78 Å². The summed E-state index contributed by atoms with van der Waals surface area (Å²) in [7, 11) is 0. The van der Waals surface area contributed by atoms with E-state index < -0.39 is 23.2 Å². The van der Waals surface area contributed by atoms with Crippen molar-refractivity contribution >= 4 is 5.97 Å². The van der Waals surface area contributed by atoms with Crippen LogP contribution in [0.2, 0.25) is 0 Å². The summed E-state index contributed by atoms with van der Waals surface area (Å²) in [5.41, 5.74) is 1.93. The number of halogens is 2. The van der Waals surface area contributed by atoms with E-state index in [1.807, 2.05) is 13.0 Å². The molecule has 3 rings (SSSR count). The van der Waals surface area contributed by atoms with E-state index >= 15 is 0 Å². The Hall–Kier alpha value is -3.00. The molecule has 26 heavy (non-hydrogen) atoms. The van der Waals surface area contributed by atoms with E-state index in [9.17, 15) is 13.6 Å². The van der Waals surface area contributed by atoms with Crippen LogP contribution in [-0.4, -0.2) is 5.97 Å². The van der Waals surface area contributed by atoms with Gasteiger partial charge >= 0.3 is 5.97 Å². The van der Waals surface area contributed by atoms with Gasteiger partial charge in [0.2, 0.25) is 0 Å². The first kappa shape index (κ1) is 17.8. The average Bonchev–Trinajstić information content (AvgIpc) is 2.61. The Balaban J connectivity index is 1.79. The zero-order valence-corrected chi connectivity index (χ0v) is 14.3. The highest BCUT2D eigenvalue weighted by Gasteiger charge is 2.19. The van der Waals surface area contributed by atoms with Crippen molar-refractivity contribution in [3.8, 4) is 11.8 Å². The van der Waals surface area contributed by atoms with E-state index in [1.54, 1.807) is 12.1 Å². The van der Waals surface area contributed by atoms with Gasteiger partial charge in [0.15, 0.2) is 0 Å². The number of allylic oxidation sites excluding steroid dienone is 2. The van der Waals surface area contributed by atoms with Crippen molar-refractivity contribution in [1.82, 2.24) is 0 Å². The first-order valence-electron chi connectivity index (χ1n) is 8.37. The molecule has 0 aromatic heterocycles. The largest absolute Gasteiger partial charge is 0.423 e. The van der Waals surface area contributed by atoms with E-state index in [4.69, 9.17) is 10.00 Å². The van der Waals surface area contributed by atoms with E-state index in [0.717, 1.165) is 37.0 Å². The molecule has 0 spiro atoms. The van der Waals surface area contributed by atoms with Crippen LogP contribution in [0, 0.1) is 28.9 Å². The molecule has 0 aliphatic heterocycles. The molecule has 3 nitrogen and oxygen atoms in total. The molecule has 0 bridgehead atoms. The minimum absolute atomic E-state index is 0.269. The maximum atomic E-state index is 13.6. The molecule has 0 saturated heterocycles. The number of nitrogens with zero attached hydrogens (tertiary/aromatic N) is 1. The molecule has 5 heteroatoms. The topological polar surface area (TPSA) is 50.1 Å². The number of ether oxygens (including phenoxy) is 1. The van der Waals surface area contributed by atoms with Crippen molar-refractivity contribution in [3.05, 3.63) is 76.4 Å². The number of hydrogen-bond donors (Lipinski definition) is 0. The van der Waals surface area contributed by atoms with Crippen molar-refractivity contribution in [2.45, 2.75) is 26.2 Å².